The Morgan fingerprint density at radius 1 is 1.18 bits per heavy atom. The zero-order valence-electron chi connectivity index (χ0n) is 16.1. The number of carbonyl (C=O) groups is 1. The predicted molar refractivity (Wildman–Crippen MR) is 114 cm³/mol. The van der Waals surface area contributed by atoms with E-state index >= 15 is 0 Å². The molecule has 5 nitrogen and oxygen atoms in total. The molecule has 28 heavy (non-hydrogen) atoms. The maximum atomic E-state index is 12.5. The number of para-hydroxylation sites is 3. The number of hydrogen-bond acceptors (Lipinski definition) is 5. The van der Waals surface area contributed by atoms with Gasteiger partial charge in [-0.2, -0.15) is 0 Å². The predicted octanol–water partition coefficient (Wildman–Crippen LogP) is 4.51. The minimum Gasteiger partial charge on any atom is -0.492 e. The molecule has 2 heterocycles. The molecule has 4 rings (SSSR count). The summed E-state index contributed by atoms with van der Waals surface area (Å²) in [6.45, 7) is 4.76. The first-order chi connectivity index (χ1) is 13.7. The molecule has 1 fully saturated rings. The number of rotatable bonds is 6. The van der Waals surface area contributed by atoms with Crippen LogP contribution in [0.25, 0.3) is 10.2 Å². The average molecular weight is 396 g/mol. The number of nitrogens with one attached hydrogen (secondary N) is 1. The van der Waals surface area contributed by atoms with Gasteiger partial charge in [0, 0.05) is 5.92 Å². The van der Waals surface area contributed by atoms with E-state index in [1.54, 1.807) is 11.3 Å². The molecule has 1 amide bonds. The van der Waals surface area contributed by atoms with Crippen molar-refractivity contribution in [1.82, 2.24) is 9.88 Å². The summed E-state index contributed by atoms with van der Waals surface area (Å²) < 4.78 is 6.84. The molecule has 0 radical (unpaired) electrons. The maximum absolute atomic E-state index is 12.5. The van der Waals surface area contributed by atoms with E-state index in [-0.39, 0.29) is 5.91 Å². The molecular formula is C22H25N3O2S. The van der Waals surface area contributed by atoms with Crippen LogP contribution in [0.2, 0.25) is 0 Å². The fourth-order valence-electron chi connectivity index (χ4n) is 3.65. The van der Waals surface area contributed by atoms with Gasteiger partial charge in [0.25, 0.3) is 0 Å². The van der Waals surface area contributed by atoms with E-state index in [1.165, 1.54) is 9.71 Å². The van der Waals surface area contributed by atoms with Gasteiger partial charge in [0.05, 0.1) is 34.1 Å². The largest absolute Gasteiger partial charge is 0.492 e. The summed E-state index contributed by atoms with van der Waals surface area (Å²) in [4.78, 5) is 19.5. The number of piperidine rings is 1. The third kappa shape index (κ3) is 4.34. The maximum Gasteiger partial charge on any atom is 0.238 e. The second-order valence-corrected chi connectivity index (χ2v) is 8.11. The lowest BCUT2D eigenvalue weighted by Crippen LogP contribution is -2.38. The Kier molecular flexibility index (Phi) is 5.88. The van der Waals surface area contributed by atoms with E-state index in [4.69, 9.17) is 9.72 Å². The van der Waals surface area contributed by atoms with Gasteiger partial charge in [0.15, 0.2) is 0 Å². The summed E-state index contributed by atoms with van der Waals surface area (Å²) in [6, 6.07) is 15.9. The minimum atomic E-state index is 0.00518. The normalized spacial score (nSPS) is 15.6. The van der Waals surface area contributed by atoms with Gasteiger partial charge in [0.2, 0.25) is 5.91 Å². The van der Waals surface area contributed by atoms with Crippen molar-refractivity contribution in [2.45, 2.75) is 25.7 Å². The number of aromatic nitrogens is 1. The molecule has 6 heteroatoms. The summed E-state index contributed by atoms with van der Waals surface area (Å²) >= 11 is 1.80. The molecule has 0 spiro atoms. The third-order valence-electron chi connectivity index (χ3n) is 5.08. The lowest BCUT2D eigenvalue weighted by atomic mass is 9.97. The number of anilines is 1. The van der Waals surface area contributed by atoms with E-state index in [0.717, 1.165) is 37.1 Å². The second kappa shape index (κ2) is 8.71. The molecule has 2 aromatic carbocycles. The van der Waals surface area contributed by atoms with Crippen LogP contribution in [-0.4, -0.2) is 42.0 Å². The molecule has 0 atom stereocenters. The number of likely N-dealkylation sites (tertiary alicyclic amines) is 1. The van der Waals surface area contributed by atoms with E-state index in [1.807, 2.05) is 37.3 Å². The number of thiazole rings is 1. The lowest BCUT2D eigenvalue weighted by molar-refractivity contribution is -0.117. The molecule has 1 aliphatic heterocycles. The highest BCUT2D eigenvalue weighted by molar-refractivity contribution is 7.18. The van der Waals surface area contributed by atoms with Crippen LogP contribution in [0.4, 0.5) is 5.69 Å². The minimum absolute atomic E-state index is 0.00518. The first kappa shape index (κ1) is 18.9. The fraction of sp³-hybridized carbons (Fsp3) is 0.364. The summed E-state index contributed by atoms with van der Waals surface area (Å²) in [5, 5.41) is 4.22. The van der Waals surface area contributed by atoms with Gasteiger partial charge in [-0.1, -0.05) is 24.3 Å². The van der Waals surface area contributed by atoms with Crippen molar-refractivity contribution in [2.75, 3.05) is 31.6 Å². The molecule has 1 N–H and O–H groups in total. The molecule has 0 unspecified atom stereocenters. The SMILES string of the molecule is CCOc1ccccc1NC(=O)CN1CCC(c2nc3ccccc3s2)CC1. The molecule has 146 valence electrons. The van der Waals surface area contributed by atoms with Crippen molar-refractivity contribution in [2.24, 2.45) is 0 Å². The molecule has 1 aliphatic rings. The van der Waals surface area contributed by atoms with Crippen LogP contribution in [0.3, 0.4) is 0 Å². The number of nitrogens with zero attached hydrogens (tertiary/aromatic N) is 2. The average Bonchev–Trinajstić information content (AvgIpc) is 3.14. The van der Waals surface area contributed by atoms with Crippen molar-refractivity contribution < 1.29 is 9.53 Å². The Hall–Kier alpha value is -2.44. The molecular weight excluding hydrogens is 370 g/mol. The highest BCUT2D eigenvalue weighted by Gasteiger charge is 2.24. The Morgan fingerprint density at radius 2 is 1.93 bits per heavy atom. The van der Waals surface area contributed by atoms with Gasteiger partial charge < -0.3 is 10.1 Å². The lowest BCUT2D eigenvalue weighted by Gasteiger charge is -2.30. The van der Waals surface area contributed by atoms with E-state index in [9.17, 15) is 4.79 Å². The van der Waals surface area contributed by atoms with Gasteiger partial charge >= 0.3 is 0 Å². The van der Waals surface area contributed by atoms with Crippen LogP contribution >= 0.6 is 11.3 Å². The van der Waals surface area contributed by atoms with Gasteiger partial charge in [-0.3, -0.25) is 9.69 Å². The number of fused-ring (bicyclic) bond motifs is 1. The highest BCUT2D eigenvalue weighted by Crippen LogP contribution is 2.33. The molecule has 1 aromatic heterocycles. The van der Waals surface area contributed by atoms with Crippen molar-refractivity contribution >= 4 is 33.1 Å². The summed E-state index contributed by atoms with van der Waals surface area (Å²) in [6.07, 6.45) is 2.09. The van der Waals surface area contributed by atoms with Crippen molar-refractivity contribution in [3.8, 4) is 5.75 Å². The molecule has 1 saturated heterocycles. The van der Waals surface area contributed by atoms with Crippen LogP contribution in [-0.2, 0) is 4.79 Å². The number of ether oxygens (including phenoxy) is 1. The van der Waals surface area contributed by atoms with E-state index in [0.29, 0.717) is 24.8 Å². The summed E-state index contributed by atoms with van der Waals surface area (Å²) in [5.41, 5.74) is 1.83. The van der Waals surface area contributed by atoms with E-state index in [2.05, 4.69) is 28.4 Å². The van der Waals surface area contributed by atoms with Crippen LogP contribution in [0, 0.1) is 0 Å². The molecule has 0 saturated carbocycles. The Balaban J connectivity index is 1.31. The van der Waals surface area contributed by atoms with Crippen LogP contribution in [0.5, 0.6) is 5.75 Å². The molecule has 0 bridgehead atoms. The summed E-state index contributed by atoms with van der Waals surface area (Å²) in [5.74, 6) is 1.22. The molecule has 3 aromatic rings. The van der Waals surface area contributed by atoms with Crippen molar-refractivity contribution in [3.05, 3.63) is 53.5 Å². The van der Waals surface area contributed by atoms with Crippen molar-refractivity contribution in [1.29, 1.82) is 0 Å². The Morgan fingerprint density at radius 3 is 2.71 bits per heavy atom. The van der Waals surface area contributed by atoms with Gasteiger partial charge in [0.1, 0.15) is 5.75 Å². The van der Waals surface area contributed by atoms with E-state index < -0.39 is 0 Å². The second-order valence-electron chi connectivity index (χ2n) is 7.05. The van der Waals surface area contributed by atoms with Gasteiger partial charge in [-0.25, -0.2) is 4.98 Å². The number of benzene rings is 2. The molecule has 0 aliphatic carbocycles. The highest BCUT2D eigenvalue weighted by atomic mass is 32.1. The number of hydrogen-bond donors (Lipinski definition) is 1. The third-order valence-corrected chi connectivity index (χ3v) is 6.27. The number of amides is 1. The monoisotopic (exact) mass is 395 g/mol. The van der Waals surface area contributed by atoms with Gasteiger partial charge in [-0.05, 0) is 57.1 Å². The summed E-state index contributed by atoms with van der Waals surface area (Å²) in [7, 11) is 0. The Labute approximate surface area is 169 Å². The standard InChI is InChI=1S/C22H25N3O2S/c1-2-27-19-9-5-3-7-17(19)23-21(26)15-25-13-11-16(12-14-25)22-24-18-8-4-6-10-20(18)28-22/h3-10,16H,2,11-15H2,1H3,(H,23,26). The zero-order valence-corrected chi connectivity index (χ0v) is 16.9. The van der Waals surface area contributed by atoms with Crippen LogP contribution in [0.15, 0.2) is 48.5 Å². The van der Waals surface area contributed by atoms with Gasteiger partial charge in [-0.15, -0.1) is 11.3 Å². The first-order valence-corrected chi connectivity index (χ1v) is 10.6. The quantitative estimate of drug-likeness (QED) is 0.667. The van der Waals surface area contributed by atoms with Crippen LogP contribution < -0.4 is 10.1 Å². The number of carbonyl (C=O) groups excluding carboxylic acids is 1. The first-order valence-electron chi connectivity index (χ1n) is 9.82. The fourth-order valence-corrected chi connectivity index (χ4v) is 4.78. The Bertz CT molecular complexity index is 915. The topological polar surface area (TPSA) is 54.5 Å². The van der Waals surface area contributed by atoms with Crippen molar-refractivity contribution in [3.63, 3.8) is 0 Å². The smallest absolute Gasteiger partial charge is 0.238 e. The van der Waals surface area contributed by atoms with Crippen LogP contribution in [0.1, 0.15) is 30.7 Å². The zero-order chi connectivity index (χ0) is 19.3.